The second-order valence-electron chi connectivity index (χ2n) is 23.4. The summed E-state index contributed by atoms with van der Waals surface area (Å²) in [7, 11) is 0. The average Bonchev–Trinajstić information content (AvgIpc) is 4.13. The molecule has 0 unspecified atom stereocenters. The fraction of sp³-hybridized carbons (Fsp3) is 0.250. The first-order valence-electron chi connectivity index (χ1n) is 24.3. The van der Waals surface area contributed by atoms with Gasteiger partial charge in [-0.3, -0.25) is 0 Å². The van der Waals surface area contributed by atoms with Gasteiger partial charge in [0.2, 0.25) is 0 Å². The maximum absolute atomic E-state index is 5.74. The smallest absolute Gasteiger partial charge is 0.0737 e. The number of hydrogen-bond donors (Lipinski definition) is 2. The van der Waals surface area contributed by atoms with Crippen LogP contribution < -0.4 is 0 Å². The normalized spacial score (nSPS) is 13.5. The standard InChI is InChI=1S/C64H62N4/c1-61(2,3)42-30-40(31-43(34-42)62(4,5)6)58-50-24-20-46(65-50)36-47-21-25-51(66-47)59(41-32-44(63(7,8)9)35-45(33-41)64(10,11)12)53-27-29-55(68-53)60(54-28-26-52(58)67-54)49-23-19-39-17-16-37-14-13-15-38-18-22-48(49)57(39)56(37)38/h13-36,65,68H,1-12H3. The van der Waals surface area contributed by atoms with Crippen molar-refractivity contribution in [2.24, 2.45) is 0 Å². The fourth-order valence-electron chi connectivity index (χ4n) is 10.3. The fourth-order valence-corrected chi connectivity index (χ4v) is 10.3. The molecule has 2 aliphatic rings. The Morgan fingerprint density at radius 3 is 1.37 bits per heavy atom. The highest BCUT2D eigenvalue weighted by molar-refractivity contribution is 6.26. The minimum atomic E-state index is -0.0606. The number of aromatic nitrogens is 4. The summed E-state index contributed by atoms with van der Waals surface area (Å²) in [5, 5.41) is 7.51. The van der Waals surface area contributed by atoms with E-state index in [-0.39, 0.29) is 21.7 Å². The molecule has 68 heavy (non-hydrogen) atoms. The summed E-state index contributed by atoms with van der Waals surface area (Å²) in [6.07, 6.45) is 8.79. The maximum Gasteiger partial charge on any atom is 0.0737 e. The van der Waals surface area contributed by atoms with Crippen molar-refractivity contribution in [1.82, 2.24) is 19.9 Å². The summed E-state index contributed by atoms with van der Waals surface area (Å²) in [5.74, 6) is 0. The number of rotatable bonds is 3. The van der Waals surface area contributed by atoms with Crippen molar-refractivity contribution in [3.63, 3.8) is 0 Å². The number of fused-ring (bicyclic) bond motifs is 8. The molecule has 4 nitrogen and oxygen atoms in total. The minimum absolute atomic E-state index is 0.0606. The highest BCUT2D eigenvalue weighted by Gasteiger charge is 2.26. The van der Waals surface area contributed by atoms with Crippen LogP contribution in [0.4, 0.5) is 0 Å². The van der Waals surface area contributed by atoms with E-state index in [0.29, 0.717) is 0 Å². The molecule has 0 amide bonds. The van der Waals surface area contributed by atoms with Crippen LogP contribution in [0, 0.1) is 0 Å². The van der Waals surface area contributed by atoms with Crippen molar-refractivity contribution in [2.45, 2.75) is 105 Å². The zero-order valence-electron chi connectivity index (χ0n) is 41.8. The van der Waals surface area contributed by atoms with Gasteiger partial charge in [0.1, 0.15) is 0 Å². The third-order valence-electron chi connectivity index (χ3n) is 14.3. The largest absolute Gasteiger partial charge is 0.355 e. The third-order valence-corrected chi connectivity index (χ3v) is 14.3. The van der Waals surface area contributed by atoms with Gasteiger partial charge in [0.25, 0.3) is 0 Å². The Bertz CT molecular complexity index is 3610. The predicted octanol–water partition coefficient (Wildman–Crippen LogP) is 17.7. The second-order valence-corrected chi connectivity index (χ2v) is 23.4. The molecule has 5 heterocycles. The summed E-state index contributed by atoms with van der Waals surface area (Å²) in [5.41, 5.74) is 19.2. The minimum Gasteiger partial charge on any atom is -0.355 e. The zero-order valence-corrected chi connectivity index (χ0v) is 41.8. The highest BCUT2D eigenvalue weighted by Crippen LogP contribution is 2.44. The van der Waals surface area contributed by atoms with Gasteiger partial charge in [-0.05, 0) is 148 Å². The molecule has 0 radical (unpaired) electrons. The number of benzene rings is 6. The van der Waals surface area contributed by atoms with E-state index in [1.165, 1.54) is 54.6 Å². The predicted molar refractivity (Wildman–Crippen MR) is 294 cm³/mol. The maximum atomic E-state index is 5.74. The molecule has 11 rings (SSSR count). The van der Waals surface area contributed by atoms with E-state index in [1.54, 1.807) is 0 Å². The molecule has 2 aliphatic heterocycles. The van der Waals surface area contributed by atoms with E-state index in [1.807, 2.05) is 0 Å². The van der Waals surface area contributed by atoms with Crippen LogP contribution in [0.3, 0.4) is 0 Å². The monoisotopic (exact) mass is 886 g/mol. The molecule has 0 spiro atoms. The van der Waals surface area contributed by atoms with E-state index < -0.39 is 0 Å². The lowest BCUT2D eigenvalue weighted by Gasteiger charge is -2.26. The number of hydrogen-bond acceptors (Lipinski definition) is 2. The van der Waals surface area contributed by atoms with Crippen LogP contribution in [0.15, 0.2) is 121 Å². The lowest BCUT2D eigenvalue weighted by molar-refractivity contribution is 0.568. The van der Waals surface area contributed by atoms with Gasteiger partial charge in [-0.15, -0.1) is 0 Å². The molecule has 0 saturated heterocycles. The molecule has 0 aliphatic carbocycles. The SMILES string of the molecule is CC(C)(C)c1cc(-c2c3nc(c(-c4ccc5ccc6cccc7ccc4c5c67)c4ccc([nH]4)c(-c4cc(C(C)(C)C)cc(C(C)(C)C)c4)c4nc(cc5ccc2[nH]5)C=C4)C=C3)cc(C(C)(C)C)c1. The Balaban J connectivity index is 1.30. The topological polar surface area (TPSA) is 57.4 Å². The lowest BCUT2D eigenvalue weighted by atomic mass is 9.78. The number of aromatic amines is 2. The molecule has 9 aromatic rings. The Kier molecular flexibility index (Phi) is 9.75. The van der Waals surface area contributed by atoms with Gasteiger partial charge in [0, 0.05) is 38.8 Å². The van der Waals surface area contributed by atoms with Crippen LogP contribution >= 0.6 is 0 Å². The molecular formula is C64H62N4. The second kappa shape index (κ2) is 15.2. The molecule has 2 N–H and O–H groups in total. The van der Waals surface area contributed by atoms with E-state index in [0.717, 1.165) is 78.2 Å². The molecule has 0 atom stereocenters. The van der Waals surface area contributed by atoms with Crippen LogP contribution in [0.5, 0.6) is 0 Å². The van der Waals surface area contributed by atoms with Crippen molar-refractivity contribution >= 4 is 78.7 Å². The first-order valence-corrected chi connectivity index (χ1v) is 24.3. The van der Waals surface area contributed by atoms with Gasteiger partial charge in [-0.2, -0.15) is 0 Å². The quantitative estimate of drug-likeness (QED) is 0.174. The molecule has 338 valence electrons. The van der Waals surface area contributed by atoms with Crippen molar-refractivity contribution in [3.8, 4) is 33.4 Å². The van der Waals surface area contributed by atoms with Gasteiger partial charge in [0.15, 0.2) is 0 Å². The van der Waals surface area contributed by atoms with Crippen LogP contribution in [0.1, 0.15) is 128 Å². The number of nitrogens with one attached hydrogen (secondary N) is 2. The van der Waals surface area contributed by atoms with Crippen LogP contribution in [0.25, 0.3) is 112 Å². The lowest BCUT2D eigenvalue weighted by Crippen LogP contribution is -2.16. The first-order chi connectivity index (χ1) is 32.2. The number of nitrogens with zero attached hydrogens (tertiary/aromatic N) is 2. The molecule has 0 saturated carbocycles. The Morgan fingerprint density at radius 2 is 0.809 bits per heavy atom. The Labute approximate surface area is 401 Å². The molecule has 4 heteroatoms. The molecule has 8 bridgehead atoms. The molecular weight excluding hydrogens is 825 g/mol. The van der Waals surface area contributed by atoms with Gasteiger partial charge in [0.05, 0.1) is 22.8 Å². The van der Waals surface area contributed by atoms with E-state index in [2.05, 4.69) is 239 Å². The van der Waals surface area contributed by atoms with Crippen molar-refractivity contribution in [3.05, 3.63) is 166 Å². The average molecular weight is 887 g/mol. The molecule has 0 fully saturated rings. The Hall–Kier alpha value is -7.04. The summed E-state index contributed by atoms with van der Waals surface area (Å²) < 4.78 is 0. The molecule has 6 aromatic carbocycles. The van der Waals surface area contributed by atoms with Gasteiger partial charge < -0.3 is 9.97 Å². The summed E-state index contributed by atoms with van der Waals surface area (Å²) in [4.78, 5) is 19.1. The van der Waals surface area contributed by atoms with E-state index in [9.17, 15) is 0 Å². The zero-order chi connectivity index (χ0) is 47.7. The van der Waals surface area contributed by atoms with Crippen LogP contribution in [0.2, 0.25) is 0 Å². The van der Waals surface area contributed by atoms with Crippen LogP contribution in [-0.2, 0) is 21.7 Å². The van der Waals surface area contributed by atoms with Crippen molar-refractivity contribution in [2.75, 3.05) is 0 Å². The summed E-state index contributed by atoms with van der Waals surface area (Å²) in [6, 6.07) is 45.7. The van der Waals surface area contributed by atoms with Crippen LogP contribution in [-0.4, -0.2) is 19.9 Å². The van der Waals surface area contributed by atoms with Gasteiger partial charge >= 0.3 is 0 Å². The van der Waals surface area contributed by atoms with Gasteiger partial charge in [-0.25, -0.2) is 9.97 Å². The molecule has 3 aromatic heterocycles. The van der Waals surface area contributed by atoms with Crippen molar-refractivity contribution in [1.29, 1.82) is 0 Å². The summed E-state index contributed by atoms with van der Waals surface area (Å²) >= 11 is 0. The highest BCUT2D eigenvalue weighted by atomic mass is 14.8. The van der Waals surface area contributed by atoms with Crippen molar-refractivity contribution < 1.29 is 0 Å². The van der Waals surface area contributed by atoms with E-state index in [4.69, 9.17) is 9.97 Å². The summed E-state index contributed by atoms with van der Waals surface area (Å²) in [6.45, 7) is 27.7. The Morgan fingerprint density at radius 1 is 0.368 bits per heavy atom. The van der Waals surface area contributed by atoms with E-state index >= 15 is 0 Å². The third kappa shape index (κ3) is 7.55. The van der Waals surface area contributed by atoms with Gasteiger partial charge in [-0.1, -0.05) is 174 Å². The first kappa shape index (κ1) is 43.5. The number of H-pyrrole nitrogens is 2.